The van der Waals surface area contributed by atoms with E-state index in [0.29, 0.717) is 29.3 Å². The van der Waals surface area contributed by atoms with Gasteiger partial charge in [-0.2, -0.15) is 16.9 Å². The Balaban J connectivity index is -0.0000000457. The molecule has 0 bridgehead atoms. The zero-order chi connectivity index (χ0) is 13.4. The van der Waals surface area contributed by atoms with Crippen molar-refractivity contribution in [3.63, 3.8) is 0 Å². The summed E-state index contributed by atoms with van der Waals surface area (Å²) in [5, 5.41) is 0.227. The van der Waals surface area contributed by atoms with Crippen molar-refractivity contribution >= 4 is 77.5 Å². The molecule has 2 unspecified atom stereocenters. The molecule has 0 nitrogen and oxygen atoms in total. The molecule has 0 N–H and O–H groups in total. The second kappa shape index (κ2) is 37.0. The van der Waals surface area contributed by atoms with Crippen LogP contribution in [0.5, 0.6) is 0 Å². The molecule has 0 aliphatic rings. The smallest absolute Gasteiger partial charge is 0.824 e. The van der Waals surface area contributed by atoms with E-state index in [9.17, 15) is 0 Å². The average Bonchev–Trinajstić information content (AvgIpc) is 2.27. The van der Waals surface area contributed by atoms with Gasteiger partial charge in [0.05, 0.1) is 0 Å². The third kappa shape index (κ3) is 32.0. The monoisotopic (exact) mass is 414 g/mol. The van der Waals surface area contributed by atoms with Crippen molar-refractivity contribution in [1.29, 1.82) is 0 Å². The molecule has 0 heterocycles. The molecule has 25 heavy (non-hydrogen) atoms. The Morgan fingerprint density at radius 3 is 1.52 bits per heavy atom. The Bertz CT molecular complexity index is 208. The molecule has 0 aliphatic heterocycles. The topological polar surface area (TPSA) is 0 Å². The van der Waals surface area contributed by atoms with Crippen molar-refractivity contribution in [2.24, 2.45) is 17.8 Å². The third-order valence-electron chi connectivity index (χ3n) is 3.17. The molecule has 0 rings (SSSR count). The maximum Gasteiger partial charge on any atom is 1.00 e. The fourth-order valence-electron chi connectivity index (χ4n) is 1.93. The first-order valence-electron chi connectivity index (χ1n) is 6.06. The zero-order valence-electron chi connectivity index (χ0n) is 17.5. The molecule has 12 heteroatoms. The van der Waals surface area contributed by atoms with E-state index in [0.717, 1.165) is 12.8 Å². The van der Waals surface area contributed by atoms with Crippen molar-refractivity contribution in [1.82, 2.24) is 0 Å². The van der Waals surface area contributed by atoms with E-state index < -0.39 is 0 Å². The van der Waals surface area contributed by atoms with Crippen molar-refractivity contribution in [3.8, 4) is 0 Å². The van der Waals surface area contributed by atoms with Crippen LogP contribution in [-0.2, 0) is 77.5 Å². The summed E-state index contributed by atoms with van der Waals surface area (Å²) in [7, 11) is 0. The van der Waals surface area contributed by atoms with Crippen LogP contribution in [0.2, 0.25) is 0 Å². The van der Waals surface area contributed by atoms with Gasteiger partial charge in [0.1, 0.15) is 0 Å². The number of hydrogen-bond donors (Lipinski definition) is 0. The van der Waals surface area contributed by atoms with E-state index in [1.807, 2.05) is 0 Å². The van der Waals surface area contributed by atoms with Crippen molar-refractivity contribution in [2.45, 2.75) is 37.2 Å². The second-order valence-corrected chi connectivity index (χ2v) is 6.71. The minimum absolute atomic E-state index is 0. The van der Waals surface area contributed by atoms with Gasteiger partial charge >= 0.3 is 113 Å². The summed E-state index contributed by atoms with van der Waals surface area (Å²) in [6, 6.07) is 0. The molecule has 120 valence electrons. The van der Waals surface area contributed by atoms with Crippen LogP contribution in [-0.4, -0.2) is 22.0 Å². The Hall–Kier alpha value is 5.68. The standard InChI is InChI=1S/C13H26S4.6Li.2H2S/c1-9(4-5-14)6-12(11(3)16)7-10(2)13(17)8-15;;;;;;;;/h4,9-17H,3,5-8H2,1-2H3;;;;;;;2*1H2/q-2;6*+1;;/p-6/t9?,10?,11-,12+,13-;;;;;;;;/m1......../s1. The third-order valence-corrected chi connectivity index (χ3v) is 4.95. The largest absolute Gasteiger partial charge is 1.00 e. The minimum Gasteiger partial charge on any atom is -0.824 e. The van der Waals surface area contributed by atoms with E-state index in [-0.39, 0.29) is 151 Å². The van der Waals surface area contributed by atoms with Crippen LogP contribution in [0.1, 0.15) is 26.7 Å². The van der Waals surface area contributed by atoms with Gasteiger partial charge in [-0.15, -0.1) is 0 Å². The quantitative estimate of drug-likeness (QED) is 0.158. The van der Waals surface area contributed by atoms with Crippen LogP contribution in [0.4, 0.5) is 0 Å². The molecule has 0 radical (unpaired) electrons. The molecule has 0 aromatic heterocycles. The first-order valence-corrected chi connectivity index (χ1v) is 8.16. The zero-order valence-corrected chi connectivity index (χ0v) is 22.6. The Labute approximate surface area is 266 Å². The summed E-state index contributed by atoms with van der Waals surface area (Å²) in [5.41, 5.74) is 0. The van der Waals surface area contributed by atoms with Gasteiger partial charge in [0.25, 0.3) is 0 Å². The number of hydrogen-bond acceptors (Lipinski definition) is 6. The summed E-state index contributed by atoms with van der Waals surface area (Å²) >= 11 is 20.7. The molecule has 0 saturated heterocycles. The molecular weight excluding hydrogens is 390 g/mol. The number of rotatable bonds is 9. The summed E-state index contributed by atoms with van der Waals surface area (Å²) in [6.45, 7) is 8.38. The van der Waals surface area contributed by atoms with Crippen LogP contribution in [0.3, 0.4) is 0 Å². The van der Waals surface area contributed by atoms with Crippen LogP contribution in [0.15, 0.2) is 0 Å². The summed E-state index contributed by atoms with van der Waals surface area (Å²) in [4.78, 5) is 0. The van der Waals surface area contributed by atoms with Crippen LogP contribution >= 0.6 is 0 Å². The van der Waals surface area contributed by atoms with Crippen LogP contribution in [0.25, 0.3) is 0 Å². The minimum atomic E-state index is 0. The van der Waals surface area contributed by atoms with Gasteiger partial charge in [-0.05, 0) is 0 Å². The van der Waals surface area contributed by atoms with Gasteiger partial charge in [-0.1, -0.05) is 38.5 Å². The summed E-state index contributed by atoms with van der Waals surface area (Å²) in [5.74, 6) is 2.77. The fraction of sp³-hybridized carbons (Fsp3) is 0.846. The number of thiol groups is 2. The molecule has 0 aliphatic carbocycles. The van der Waals surface area contributed by atoms with Gasteiger partial charge in [0, 0.05) is 0 Å². The van der Waals surface area contributed by atoms with Gasteiger partial charge in [-0.3, -0.25) is 5.25 Å². The van der Waals surface area contributed by atoms with Crippen molar-refractivity contribution < 1.29 is 113 Å². The molecule has 0 aromatic rings. The maximum absolute atomic E-state index is 5.35. The van der Waals surface area contributed by atoms with Gasteiger partial charge in [0.2, 0.25) is 0 Å². The average molecular weight is 414 g/mol. The molecule has 0 amide bonds. The van der Waals surface area contributed by atoms with Gasteiger partial charge in [0.15, 0.2) is 0 Å². The first-order chi connectivity index (χ1) is 7.92. The predicted molar refractivity (Wildman–Crippen MR) is 105 cm³/mol. The Morgan fingerprint density at radius 1 is 0.840 bits per heavy atom. The van der Waals surface area contributed by atoms with Crippen LogP contribution < -0.4 is 113 Å². The Kier molecular flexibility index (Phi) is 85.2. The van der Waals surface area contributed by atoms with Crippen molar-refractivity contribution in [3.05, 3.63) is 13.3 Å². The Morgan fingerprint density at radius 2 is 1.24 bits per heavy atom. The van der Waals surface area contributed by atoms with Crippen molar-refractivity contribution in [2.75, 3.05) is 11.5 Å². The van der Waals surface area contributed by atoms with Crippen LogP contribution in [0, 0.1) is 31.1 Å². The predicted octanol–water partition coefficient (Wildman–Crippen LogP) is -15.9. The molecule has 0 aromatic carbocycles. The maximum atomic E-state index is 5.35. The summed E-state index contributed by atoms with van der Waals surface area (Å²) in [6.07, 6.45) is 4.28. The molecule has 0 spiro atoms. The molecular formula is C13H24Li6S6-2. The second-order valence-electron chi connectivity index (χ2n) is 4.83. The molecule has 5 atom stereocenters. The van der Waals surface area contributed by atoms with Gasteiger partial charge < -0.3 is 96.6 Å². The van der Waals surface area contributed by atoms with E-state index in [1.54, 1.807) is 0 Å². The molecule has 0 fully saturated rings. The van der Waals surface area contributed by atoms with E-state index in [2.05, 4.69) is 27.2 Å². The van der Waals surface area contributed by atoms with E-state index in [1.165, 1.54) is 0 Å². The van der Waals surface area contributed by atoms with E-state index in [4.69, 9.17) is 50.5 Å². The first kappa shape index (κ1) is 57.5. The fourth-order valence-corrected chi connectivity index (χ4v) is 2.92. The normalized spacial score (nSPS) is 14.0. The van der Waals surface area contributed by atoms with Gasteiger partial charge in [-0.25, -0.2) is 0 Å². The molecule has 0 saturated carbocycles. The summed E-state index contributed by atoms with van der Waals surface area (Å²) < 4.78 is 0. The van der Waals surface area contributed by atoms with E-state index >= 15 is 0 Å². The SMILES string of the molecule is [CH2-][C@@H]([S-])[C@@H](CC(C)[CH-]C[S-])CC(C)[C@H]([S-])C[S-].[Li+].[Li+].[Li+].[Li+].[Li+].[Li+].[SH-].[SH-].